The average molecular weight is 517 g/mol. The fraction of sp³-hybridized carbons (Fsp3) is 0.524. The van der Waals surface area contributed by atoms with E-state index in [1.54, 1.807) is 20.8 Å². The Labute approximate surface area is 201 Å². The Morgan fingerprint density at radius 1 is 1.18 bits per heavy atom. The molecule has 2 saturated heterocycles. The second kappa shape index (κ2) is 9.53. The molecule has 1 aromatic carbocycles. The molecular formula is C21H26F2N4O5S2. The third kappa shape index (κ3) is 5.95. The lowest BCUT2D eigenvalue weighted by atomic mass is 10.1. The number of rotatable bonds is 8. The first-order valence-electron chi connectivity index (χ1n) is 10.6. The minimum absolute atomic E-state index is 0.000639. The van der Waals surface area contributed by atoms with Crippen LogP contribution in [0.5, 0.6) is 5.88 Å². The van der Waals surface area contributed by atoms with Crippen molar-refractivity contribution >= 4 is 27.8 Å². The molecule has 2 aromatic rings. The predicted octanol–water partition coefficient (Wildman–Crippen LogP) is 3.33. The monoisotopic (exact) mass is 516 g/mol. The first kappa shape index (κ1) is 25.0. The number of halogens is 2. The molecule has 0 aliphatic carbocycles. The minimum atomic E-state index is -3.78. The van der Waals surface area contributed by atoms with E-state index in [1.807, 2.05) is 0 Å². The van der Waals surface area contributed by atoms with Crippen LogP contribution in [0.4, 0.5) is 14.6 Å². The lowest BCUT2D eigenvalue weighted by Gasteiger charge is -2.40. The smallest absolute Gasteiger partial charge is 0.302 e. The standard InChI is InChI=1S/C21H26F2N4O5S2/c1-20(2)30-12-21(3,13-31-20)32-17-10-16(26-34(28,29)27-8-5-9-27)24-19(25-17)33-11-14-6-4-7-15(22)18(14)23/h4,6-7,10H,5,8-9,11-13H2,1-3H3,(H,24,25,26). The van der Waals surface area contributed by atoms with Gasteiger partial charge in [0.05, 0.1) is 13.2 Å². The van der Waals surface area contributed by atoms with Crippen molar-refractivity contribution in [1.29, 1.82) is 0 Å². The van der Waals surface area contributed by atoms with E-state index >= 15 is 0 Å². The van der Waals surface area contributed by atoms with E-state index in [9.17, 15) is 17.2 Å². The molecule has 0 amide bonds. The van der Waals surface area contributed by atoms with Gasteiger partial charge in [0, 0.05) is 30.5 Å². The van der Waals surface area contributed by atoms with Gasteiger partial charge in [0.15, 0.2) is 28.2 Å². The molecule has 0 atom stereocenters. The van der Waals surface area contributed by atoms with Gasteiger partial charge in [-0.1, -0.05) is 23.9 Å². The van der Waals surface area contributed by atoms with Gasteiger partial charge < -0.3 is 14.2 Å². The van der Waals surface area contributed by atoms with Crippen LogP contribution in [0.3, 0.4) is 0 Å². The van der Waals surface area contributed by atoms with Crippen LogP contribution in [-0.2, 0) is 25.4 Å². The van der Waals surface area contributed by atoms with Crippen LogP contribution >= 0.6 is 11.8 Å². The zero-order valence-corrected chi connectivity index (χ0v) is 20.6. The molecule has 0 radical (unpaired) electrons. The topological polar surface area (TPSA) is 103 Å². The van der Waals surface area contributed by atoms with Gasteiger partial charge in [0.2, 0.25) is 5.88 Å². The quantitative estimate of drug-likeness (QED) is 0.421. The fourth-order valence-electron chi connectivity index (χ4n) is 3.15. The fourth-order valence-corrected chi connectivity index (χ4v) is 5.21. The molecule has 0 bridgehead atoms. The predicted molar refractivity (Wildman–Crippen MR) is 122 cm³/mol. The summed E-state index contributed by atoms with van der Waals surface area (Å²) in [5.41, 5.74) is -0.750. The highest BCUT2D eigenvalue weighted by Gasteiger charge is 2.39. The summed E-state index contributed by atoms with van der Waals surface area (Å²) in [6.07, 6.45) is 0.786. The second-order valence-corrected chi connectivity index (χ2v) is 11.4. The van der Waals surface area contributed by atoms with E-state index in [-0.39, 0.29) is 41.4 Å². The third-order valence-electron chi connectivity index (χ3n) is 5.26. The molecule has 34 heavy (non-hydrogen) atoms. The molecule has 1 aromatic heterocycles. The summed E-state index contributed by atoms with van der Waals surface area (Å²) in [5, 5.41) is 0.129. The van der Waals surface area contributed by atoms with Crippen molar-refractivity contribution in [3.63, 3.8) is 0 Å². The van der Waals surface area contributed by atoms with Crippen molar-refractivity contribution in [3.8, 4) is 5.88 Å². The molecule has 4 rings (SSSR count). The number of benzene rings is 1. The number of nitrogens with one attached hydrogen (secondary N) is 1. The molecule has 0 saturated carbocycles. The zero-order valence-electron chi connectivity index (χ0n) is 19.0. The van der Waals surface area contributed by atoms with E-state index in [0.717, 1.165) is 24.2 Å². The van der Waals surface area contributed by atoms with Gasteiger partial charge in [-0.2, -0.15) is 17.7 Å². The number of hydrogen-bond donors (Lipinski definition) is 1. The van der Waals surface area contributed by atoms with Crippen LogP contribution in [-0.4, -0.2) is 60.4 Å². The normalized spacial score (nSPS) is 19.9. The number of aromatic nitrogens is 2. The van der Waals surface area contributed by atoms with Crippen molar-refractivity contribution < 1.29 is 31.4 Å². The molecule has 9 nitrogen and oxygen atoms in total. The summed E-state index contributed by atoms with van der Waals surface area (Å²) < 4.78 is 73.9. The van der Waals surface area contributed by atoms with Crippen LogP contribution in [0.1, 0.15) is 32.8 Å². The highest BCUT2D eigenvalue weighted by atomic mass is 32.2. The number of thioether (sulfide) groups is 1. The van der Waals surface area contributed by atoms with Crippen molar-refractivity contribution in [1.82, 2.24) is 14.3 Å². The molecular weight excluding hydrogens is 490 g/mol. The lowest BCUT2D eigenvalue weighted by Crippen LogP contribution is -2.52. The van der Waals surface area contributed by atoms with Crippen LogP contribution < -0.4 is 9.46 Å². The molecule has 2 aliphatic rings. The van der Waals surface area contributed by atoms with Gasteiger partial charge in [-0.25, -0.2) is 13.8 Å². The average Bonchev–Trinajstić information content (AvgIpc) is 2.69. The summed E-state index contributed by atoms with van der Waals surface area (Å²) in [7, 11) is -3.78. The highest BCUT2D eigenvalue weighted by molar-refractivity contribution is 7.98. The summed E-state index contributed by atoms with van der Waals surface area (Å²) >= 11 is 1.02. The van der Waals surface area contributed by atoms with Gasteiger partial charge in [0.25, 0.3) is 0 Å². The van der Waals surface area contributed by atoms with Crippen LogP contribution in [0, 0.1) is 11.6 Å². The van der Waals surface area contributed by atoms with E-state index < -0.39 is 33.2 Å². The highest BCUT2D eigenvalue weighted by Crippen LogP contribution is 2.31. The molecule has 2 aliphatic heterocycles. The largest absolute Gasteiger partial charge is 0.466 e. The van der Waals surface area contributed by atoms with Gasteiger partial charge in [-0.3, -0.25) is 4.72 Å². The van der Waals surface area contributed by atoms with Crippen molar-refractivity contribution in [3.05, 3.63) is 41.5 Å². The Morgan fingerprint density at radius 3 is 2.53 bits per heavy atom. The van der Waals surface area contributed by atoms with Gasteiger partial charge in [-0.15, -0.1) is 0 Å². The van der Waals surface area contributed by atoms with Crippen LogP contribution in [0.25, 0.3) is 0 Å². The van der Waals surface area contributed by atoms with Crippen LogP contribution in [0.15, 0.2) is 29.4 Å². The van der Waals surface area contributed by atoms with Crippen molar-refractivity contribution in [2.45, 2.75) is 49.5 Å². The minimum Gasteiger partial charge on any atom is -0.466 e. The summed E-state index contributed by atoms with van der Waals surface area (Å²) in [6, 6.07) is 5.27. The van der Waals surface area contributed by atoms with Gasteiger partial charge >= 0.3 is 10.2 Å². The summed E-state index contributed by atoms with van der Waals surface area (Å²) in [5.74, 6) is -2.53. The SMILES string of the molecule is CC1(Oc2cc(NS(=O)(=O)N3CCC3)nc(SCc3cccc(F)c3F)n2)COC(C)(C)OC1. The Bertz CT molecular complexity index is 1150. The maximum absolute atomic E-state index is 14.1. The van der Waals surface area contributed by atoms with Crippen LogP contribution in [0.2, 0.25) is 0 Å². The zero-order chi connectivity index (χ0) is 24.6. The molecule has 0 spiro atoms. The van der Waals surface area contributed by atoms with E-state index in [4.69, 9.17) is 14.2 Å². The van der Waals surface area contributed by atoms with Gasteiger partial charge in [-0.05, 0) is 33.3 Å². The molecule has 186 valence electrons. The molecule has 1 N–H and O–H groups in total. The van der Waals surface area contributed by atoms with Crippen molar-refractivity contribution in [2.75, 3.05) is 31.0 Å². The Morgan fingerprint density at radius 2 is 1.88 bits per heavy atom. The second-order valence-electron chi connectivity index (χ2n) is 8.76. The third-order valence-corrected chi connectivity index (χ3v) is 7.67. The van der Waals surface area contributed by atoms with Crippen molar-refractivity contribution in [2.24, 2.45) is 0 Å². The summed E-state index contributed by atoms with van der Waals surface area (Å²) in [4.78, 5) is 8.58. The Kier molecular flexibility index (Phi) is 7.02. The van der Waals surface area contributed by atoms with E-state index in [2.05, 4.69) is 14.7 Å². The first-order chi connectivity index (χ1) is 15.9. The van der Waals surface area contributed by atoms with Gasteiger partial charge in [0.1, 0.15) is 5.82 Å². The molecule has 3 heterocycles. The van der Waals surface area contributed by atoms with E-state index in [0.29, 0.717) is 13.1 Å². The lowest BCUT2D eigenvalue weighted by molar-refractivity contribution is -0.292. The maximum Gasteiger partial charge on any atom is 0.302 e. The summed E-state index contributed by atoms with van der Waals surface area (Å²) in [6.45, 7) is 6.65. The maximum atomic E-state index is 14.1. The molecule has 0 unspecified atom stereocenters. The molecule has 13 heteroatoms. The number of anilines is 1. The Balaban J connectivity index is 1.57. The number of hydrogen-bond acceptors (Lipinski definition) is 8. The number of ether oxygens (including phenoxy) is 3. The number of nitrogens with zero attached hydrogens (tertiary/aromatic N) is 3. The molecule has 2 fully saturated rings. The van der Waals surface area contributed by atoms with E-state index in [1.165, 1.54) is 22.5 Å². The first-order valence-corrected chi connectivity index (χ1v) is 13.1. The Hall–Kier alpha value is -2.06.